The lowest BCUT2D eigenvalue weighted by Crippen LogP contribution is -2.47. The first-order valence-corrected chi connectivity index (χ1v) is 17.2. The average molecular weight is 655 g/mol. The highest BCUT2D eigenvalue weighted by molar-refractivity contribution is 6.30. The second-order valence-corrected chi connectivity index (χ2v) is 14.6. The number of aromatic amines is 1. The highest BCUT2D eigenvalue weighted by Crippen LogP contribution is 2.43. The van der Waals surface area contributed by atoms with Crippen molar-refractivity contribution in [2.24, 2.45) is 5.41 Å². The van der Waals surface area contributed by atoms with Gasteiger partial charge in [0.15, 0.2) is 0 Å². The van der Waals surface area contributed by atoms with Crippen LogP contribution in [0, 0.1) is 5.41 Å². The number of aryl methyl sites for hydroxylation is 1. The molecule has 1 saturated heterocycles. The van der Waals surface area contributed by atoms with Gasteiger partial charge in [0.05, 0.1) is 0 Å². The Morgan fingerprint density at radius 3 is 2.51 bits per heavy atom. The highest BCUT2D eigenvalue weighted by Gasteiger charge is 2.29. The number of rotatable bonds is 11. The van der Waals surface area contributed by atoms with Crippen LogP contribution in [0.25, 0.3) is 16.5 Å². The smallest absolute Gasteiger partial charge is 0.339 e. The van der Waals surface area contributed by atoms with Crippen molar-refractivity contribution in [2.75, 3.05) is 58.3 Å². The summed E-state index contributed by atoms with van der Waals surface area (Å²) in [5, 5.41) is 11.8. The van der Waals surface area contributed by atoms with E-state index in [4.69, 9.17) is 16.3 Å². The van der Waals surface area contributed by atoms with Gasteiger partial charge in [0.25, 0.3) is 0 Å². The molecule has 0 amide bonds. The van der Waals surface area contributed by atoms with Crippen LogP contribution in [-0.4, -0.2) is 79.2 Å². The number of aromatic carboxylic acids is 1. The predicted molar refractivity (Wildman–Crippen MR) is 193 cm³/mol. The Morgan fingerprint density at radius 1 is 1.02 bits per heavy atom. The summed E-state index contributed by atoms with van der Waals surface area (Å²) in [6.45, 7) is 10.3. The maximum Gasteiger partial charge on any atom is 0.339 e. The van der Waals surface area contributed by atoms with Gasteiger partial charge in [0.2, 0.25) is 0 Å². The zero-order chi connectivity index (χ0) is 33.1. The monoisotopic (exact) mass is 654 g/mol. The van der Waals surface area contributed by atoms with Gasteiger partial charge in [-0.2, -0.15) is 0 Å². The van der Waals surface area contributed by atoms with E-state index in [0.29, 0.717) is 16.9 Å². The van der Waals surface area contributed by atoms with E-state index in [-0.39, 0.29) is 5.56 Å². The van der Waals surface area contributed by atoms with Gasteiger partial charge in [-0.1, -0.05) is 49.2 Å². The van der Waals surface area contributed by atoms with Crippen molar-refractivity contribution >= 4 is 39.7 Å². The van der Waals surface area contributed by atoms with Crippen molar-refractivity contribution in [3.63, 3.8) is 0 Å². The van der Waals surface area contributed by atoms with Crippen LogP contribution < -0.4 is 9.64 Å². The van der Waals surface area contributed by atoms with Crippen LogP contribution in [0.1, 0.15) is 61.0 Å². The fraction of sp³-hybridized carbons (Fsp3) is 0.410. The number of fused-ring (bicyclic) bond motifs is 1. The maximum absolute atomic E-state index is 12.3. The first-order valence-electron chi connectivity index (χ1n) is 16.8. The Labute approximate surface area is 283 Å². The van der Waals surface area contributed by atoms with Gasteiger partial charge in [-0.15, -0.1) is 0 Å². The molecule has 3 aromatic carbocycles. The number of carboxylic acids is 1. The number of ether oxygens (including phenoxy) is 1. The van der Waals surface area contributed by atoms with E-state index in [1.54, 1.807) is 11.6 Å². The summed E-state index contributed by atoms with van der Waals surface area (Å²) in [5.41, 5.74) is 7.91. The Bertz CT molecular complexity index is 1750. The summed E-state index contributed by atoms with van der Waals surface area (Å²) in [6, 6.07) is 19.8. The molecule has 6 rings (SSSR count). The minimum Gasteiger partial charge on any atom is -0.478 e. The average Bonchev–Trinajstić information content (AvgIpc) is 3.46. The lowest BCUT2D eigenvalue weighted by molar-refractivity contribution is 0.0694. The number of nitrogens with zero attached hydrogens (tertiary/aromatic N) is 3. The molecule has 2 heterocycles. The SMILES string of the molecule is CN(C)CCCc1c[nH]c2cccc(Oc3cc(N4CCN(CC5=C(c6ccc(Cl)cc6)CC(C)(C)CC5)CC4)ccc3C(=O)O)c12. The number of nitrogens with one attached hydrogen (secondary N) is 1. The van der Waals surface area contributed by atoms with Gasteiger partial charge in [-0.3, -0.25) is 4.90 Å². The van der Waals surface area contributed by atoms with Crippen LogP contribution in [0.4, 0.5) is 5.69 Å². The summed E-state index contributed by atoms with van der Waals surface area (Å²) in [6.07, 6.45) is 7.37. The molecular formula is C39H47ClN4O3. The fourth-order valence-electron chi connectivity index (χ4n) is 7.07. The number of allylic oxidation sites excluding steroid dienone is 1. The fourth-order valence-corrected chi connectivity index (χ4v) is 7.20. The molecule has 2 N–H and O–H groups in total. The molecule has 0 radical (unpaired) electrons. The number of hydrogen-bond donors (Lipinski definition) is 2. The predicted octanol–water partition coefficient (Wildman–Crippen LogP) is 8.59. The lowest BCUT2D eigenvalue weighted by Gasteiger charge is -2.39. The molecule has 0 atom stereocenters. The van der Waals surface area contributed by atoms with E-state index in [9.17, 15) is 9.90 Å². The molecule has 0 bridgehead atoms. The normalized spacial score (nSPS) is 17.1. The number of piperazine rings is 1. The molecule has 7 nitrogen and oxygen atoms in total. The highest BCUT2D eigenvalue weighted by atomic mass is 35.5. The van der Waals surface area contributed by atoms with Crippen LogP contribution in [0.15, 0.2) is 72.4 Å². The van der Waals surface area contributed by atoms with Crippen molar-refractivity contribution in [1.29, 1.82) is 0 Å². The van der Waals surface area contributed by atoms with Gasteiger partial charge < -0.3 is 24.6 Å². The van der Waals surface area contributed by atoms with Gasteiger partial charge >= 0.3 is 5.97 Å². The molecule has 47 heavy (non-hydrogen) atoms. The number of carbonyl (C=O) groups is 1. The van der Waals surface area contributed by atoms with Gasteiger partial charge in [-0.25, -0.2) is 4.79 Å². The van der Waals surface area contributed by atoms with Crippen molar-refractivity contribution in [1.82, 2.24) is 14.8 Å². The third kappa shape index (κ3) is 7.86. The standard InChI is InChI=1S/C39H47ClN4O3/c1-39(2)17-16-29(33(24-39)27-10-12-30(40)13-11-27)26-43-19-21-44(22-20-43)31-14-15-32(38(45)46)36(23-31)47-35-9-5-8-34-37(35)28(25-41-34)7-6-18-42(3)4/h5,8-15,23,25,41H,6-7,16-22,24,26H2,1-4H3,(H,45,46). The van der Waals surface area contributed by atoms with Crippen LogP contribution in [-0.2, 0) is 6.42 Å². The first kappa shape index (κ1) is 33.1. The van der Waals surface area contributed by atoms with Crippen molar-refractivity contribution in [2.45, 2.75) is 46.0 Å². The molecular weight excluding hydrogens is 608 g/mol. The molecule has 2 aliphatic rings. The zero-order valence-corrected chi connectivity index (χ0v) is 28.9. The van der Waals surface area contributed by atoms with Crippen molar-refractivity contribution < 1.29 is 14.6 Å². The minimum absolute atomic E-state index is 0.163. The van der Waals surface area contributed by atoms with Gasteiger partial charge in [0, 0.05) is 66.6 Å². The van der Waals surface area contributed by atoms with E-state index in [0.717, 1.165) is 86.6 Å². The summed E-state index contributed by atoms with van der Waals surface area (Å²) in [7, 11) is 4.16. The molecule has 1 aromatic heterocycles. The van der Waals surface area contributed by atoms with Crippen LogP contribution in [0.3, 0.4) is 0 Å². The first-order chi connectivity index (χ1) is 22.6. The molecule has 8 heteroatoms. The summed E-state index contributed by atoms with van der Waals surface area (Å²) in [4.78, 5) is 22.7. The Hall–Kier alpha value is -3.78. The van der Waals surface area contributed by atoms with Crippen molar-refractivity contribution in [3.05, 3.63) is 94.1 Å². The van der Waals surface area contributed by atoms with Gasteiger partial charge in [0.1, 0.15) is 17.1 Å². The largest absolute Gasteiger partial charge is 0.478 e. The van der Waals surface area contributed by atoms with E-state index >= 15 is 0 Å². The second kappa shape index (κ2) is 14.1. The third-order valence-corrected chi connectivity index (χ3v) is 10.00. The number of hydrogen-bond acceptors (Lipinski definition) is 5. The van der Waals surface area contributed by atoms with Crippen LogP contribution in [0.5, 0.6) is 11.5 Å². The molecule has 0 spiro atoms. The molecule has 1 aliphatic heterocycles. The number of H-pyrrole nitrogens is 1. The minimum atomic E-state index is -0.996. The van der Waals surface area contributed by atoms with E-state index in [1.165, 1.54) is 23.1 Å². The number of benzene rings is 3. The molecule has 0 saturated carbocycles. The Kier molecular flexibility index (Phi) is 9.97. The maximum atomic E-state index is 12.3. The quantitative estimate of drug-likeness (QED) is 0.169. The van der Waals surface area contributed by atoms with Gasteiger partial charge in [-0.05, 0) is 111 Å². The summed E-state index contributed by atoms with van der Waals surface area (Å²) >= 11 is 6.22. The summed E-state index contributed by atoms with van der Waals surface area (Å²) < 4.78 is 6.48. The second-order valence-electron chi connectivity index (χ2n) is 14.2. The molecule has 0 unspecified atom stereocenters. The third-order valence-electron chi connectivity index (χ3n) is 9.75. The van der Waals surface area contributed by atoms with E-state index in [1.807, 2.05) is 48.7 Å². The Morgan fingerprint density at radius 2 is 1.79 bits per heavy atom. The molecule has 248 valence electrons. The molecule has 1 aliphatic carbocycles. The topological polar surface area (TPSA) is 72.0 Å². The number of anilines is 1. The molecule has 4 aromatic rings. The number of halogens is 1. The van der Waals surface area contributed by atoms with Crippen LogP contribution >= 0.6 is 11.6 Å². The van der Waals surface area contributed by atoms with E-state index in [2.05, 4.69) is 59.8 Å². The number of carboxylic acid groups (broad SMARTS) is 1. The van der Waals surface area contributed by atoms with Crippen molar-refractivity contribution in [3.8, 4) is 11.5 Å². The summed E-state index contributed by atoms with van der Waals surface area (Å²) in [5.74, 6) is 0.0469. The van der Waals surface area contributed by atoms with Crippen LogP contribution in [0.2, 0.25) is 5.02 Å². The molecule has 1 fully saturated rings. The van der Waals surface area contributed by atoms with E-state index < -0.39 is 5.97 Å². The Balaban J connectivity index is 1.18. The number of aromatic nitrogens is 1. The lowest BCUT2D eigenvalue weighted by atomic mass is 9.72. The zero-order valence-electron chi connectivity index (χ0n) is 28.1.